The van der Waals surface area contributed by atoms with E-state index in [1.165, 1.54) is 0 Å². The van der Waals surface area contributed by atoms with Crippen molar-refractivity contribution in [3.8, 4) is 11.1 Å². The lowest BCUT2D eigenvalue weighted by Gasteiger charge is -2.14. The number of aromatic carboxylic acids is 2. The number of benzene rings is 2. The van der Waals surface area contributed by atoms with Gasteiger partial charge in [-0.15, -0.1) is 0 Å². The van der Waals surface area contributed by atoms with Gasteiger partial charge in [0.05, 0.1) is 11.1 Å². The lowest BCUT2D eigenvalue weighted by molar-refractivity contribution is 0.0686. The van der Waals surface area contributed by atoms with Gasteiger partial charge in [0, 0.05) is 0 Å². The van der Waals surface area contributed by atoms with Crippen LogP contribution in [0.25, 0.3) is 11.1 Å². The van der Waals surface area contributed by atoms with E-state index in [2.05, 4.69) is 0 Å². The van der Waals surface area contributed by atoms with Crippen molar-refractivity contribution >= 4 is 11.9 Å². The summed E-state index contributed by atoms with van der Waals surface area (Å²) < 4.78 is 0. The van der Waals surface area contributed by atoms with Crippen molar-refractivity contribution < 1.29 is 19.8 Å². The molecule has 114 valence electrons. The SMILES string of the molecule is CCc1cc(C(=O)O)ccc1-c1ccc(C(=O)O)cc1CC. The van der Waals surface area contributed by atoms with E-state index in [1.807, 2.05) is 13.8 Å². The quantitative estimate of drug-likeness (QED) is 0.878. The molecule has 0 aliphatic rings. The Labute approximate surface area is 129 Å². The fraction of sp³-hybridized carbons (Fsp3) is 0.222. The molecule has 0 bridgehead atoms. The van der Waals surface area contributed by atoms with Crippen LogP contribution in [0.15, 0.2) is 36.4 Å². The molecule has 0 radical (unpaired) electrons. The van der Waals surface area contributed by atoms with E-state index in [0.29, 0.717) is 12.8 Å². The fourth-order valence-corrected chi connectivity index (χ4v) is 2.56. The van der Waals surface area contributed by atoms with Gasteiger partial charge in [-0.1, -0.05) is 26.0 Å². The third-order valence-electron chi connectivity index (χ3n) is 3.76. The topological polar surface area (TPSA) is 74.6 Å². The molecule has 2 N–H and O–H groups in total. The summed E-state index contributed by atoms with van der Waals surface area (Å²) >= 11 is 0. The van der Waals surface area contributed by atoms with Gasteiger partial charge >= 0.3 is 11.9 Å². The molecule has 4 heteroatoms. The van der Waals surface area contributed by atoms with Crippen molar-refractivity contribution in [3.05, 3.63) is 58.7 Å². The molecule has 2 aromatic rings. The predicted molar refractivity (Wildman–Crippen MR) is 84.6 cm³/mol. The van der Waals surface area contributed by atoms with E-state index >= 15 is 0 Å². The smallest absolute Gasteiger partial charge is 0.335 e. The maximum Gasteiger partial charge on any atom is 0.335 e. The first-order valence-electron chi connectivity index (χ1n) is 7.20. The molecule has 0 spiro atoms. The van der Waals surface area contributed by atoms with E-state index < -0.39 is 11.9 Å². The van der Waals surface area contributed by atoms with Crippen LogP contribution in [-0.4, -0.2) is 22.2 Å². The highest BCUT2D eigenvalue weighted by molar-refractivity contribution is 5.91. The van der Waals surface area contributed by atoms with Crippen molar-refractivity contribution in [2.45, 2.75) is 26.7 Å². The van der Waals surface area contributed by atoms with Crippen molar-refractivity contribution in [2.24, 2.45) is 0 Å². The largest absolute Gasteiger partial charge is 0.478 e. The predicted octanol–water partition coefficient (Wildman–Crippen LogP) is 3.87. The number of carboxylic acids is 2. The highest BCUT2D eigenvalue weighted by Crippen LogP contribution is 2.30. The monoisotopic (exact) mass is 298 g/mol. The molecule has 0 unspecified atom stereocenters. The highest BCUT2D eigenvalue weighted by Gasteiger charge is 2.13. The number of rotatable bonds is 5. The van der Waals surface area contributed by atoms with Crippen molar-refractivity contribution in [1.82, 2.24) is 0 Å². The van der Waals surface area contributed by atoms with E-state index in [1.54, 1.807) is 36.4 Å². The van der Waals surface area contributed by atoms with Gasteiger partial charge in [0.25, 0.3) is 0 Å². The lowest BCUT2D eigenvalue weighted by atomic mass is 9.91. The van der Waals surface area contributed by atoms with Gasteiger partial charge in [0.15, 0.2) is 0 Å². The molecule has 0 saturated heterocycles. The van der Waals surface area contributed by atoms with Gasteiger partial charge in [0.2, 0.25) is 0 Å². The van der Waals surface area contributed by atoms with Crippen LogP contribution in [0.5, 0.6) is 0 Å². The Balaban J connectivity index is 2.60. The summed E-state index contributed by atoms with van der Waals surface area (Å²) in [6, 6.07) is 10.1. The zero-order valence-corrected chi connectivity index (χ0v) is 12.6. The Morgan fingerprint density at radius 1 is 0.773 bits per heavy atom. The first-order valence-corrected chi connectivity index (χ1v) is 7.20. The zero-order valence-electron chi connectivity index (χ0n) is 12.6. The van der Waals surface area contributed by atoms with E-state index in [9.17, 15) is 9.59 Å². The second kappa shape index (κ2) is 6.43. The normalized spacial score (nSPS) is 10.5. The average molecular weight is 298 g/mol. The van der Waals surface area contributed by atoms with E-state index in [0.717, 1.165) is 22.3 Å². The Kier molecular flexibility index (Phi) is 4.61. The molecule has 2 aromatic carbocycles. The summed E-state index contributed by atoms with van der Waals surface area (Å²) in [7, 11) is 0. The van der Waals surface area contributed by atoms with Crippen LogP contribution >= 0.6 is 0 Å². The molecule has 0 atom stereocenters. The second-order valence-electron chi connectivity index (χ2n) is 5.06. The highest BCUT2D eigenvalue weighted by atomic mass is 16.4. The number of hydrogen-bond acceptors (Lipinski definition) is 2. The number of aryl methyl sites for hydroxylation is 2. The minimum Gasteiger partial charge on any atom is -0.478 e. The maximum absolute atomic E-state index is 11.1. The van der Waals surface area contributed by atoms with E-state index in [-0.39, 0.29) is 11.1 Å². The second-order valence-corrected chi connectivity index (χ2v) is 5.06. The summed E-state index contributed by atoms with van der Waals surface area (Å²) in [5.41, 5.74) is 4.33. The number of carbonyl (C=O) groups is 2. The number of carboxylic acid groups (broad SMARTS) is 2. The lowest BCUT2D eigenvalue weighted by Crippen LogP contribution is -2.02. The van der Waals surface area contributed by atoms with Crippen LogP contribution in [0, 0.1) is 0 Å². The van der Waals surface area contributed by atoms with Crippen LogP contribution < -0.4 is 0 Å². The van der Waals surface area contributed by atoms with Gasteiger partial charge in [-0.05, 0) is 59.4 Å². The molecule has 0 aliphatic carbocycles. The molecular formula is C18H18O4. The average Bonchev–Trinajstić information content (AvgIpc) is 2.53. The summed E-state index contributed by atoms with van der Waals surface area (Å²) in [5, 5.41) is 18.2. The summed E-state index contributed by atoms with van der Waals surface area (Å²) in [5.74, 6) is -1.89. The maximum atomic E-state index is 11.1. The van der Waals surface area contributed by atoms with Crippen LogP contribution in [-0.2, 0) is 12.8 Å². The van der Waals surface area contributed by atoms with Crippen molar-refractivity contribution in [3.63, 3.8) is 0 Å². The molecule has 4 nitrogen and oxygen atoms in total. The third kappa shape index (κ3) is 3.01. The van der Waals surface area contributed by atoms with Crippen molar-refractivity contribution in [2.75, 3.05) is 0 Å². The fourth-order valence-electron chi connectivity index (χ4n) is 2.56. The molecule has 2 rings (SSSR count). The molecule has 0 fully saturated rings. The zero-order chi connectivity index (χ0) is 16.3. The number of hydrogen-bond donors (Lipinski definition) is 2. The standard InChI is InChI=1S/C18H18O4/c1-3-11-9-13(17(19)20)5-7-15(11)16-8-6-14(18(21)22)10-12(16)4-2/h5-10H,3-4H2,1-2H3,(H,19,20)(H,21,22). The summed E-state index contributed by atoms with van der Waals surface area (Å²) in [4.78, 5) is 22.2. The summed E-state index contributed by atoms with van der Waals surface area (Å²) in [6.45, 7) is 3.95. The Morgan fingerprint density at radius 3 is 1.41 bits per heavy atom. The van der Waals surface area contributed by atoms with Crippen LogP contribution in [0.3, 0.4) is 0 Å². The van der Waals surface area contributed by atoms with Gasteiger partial charge in [-0.25, -0.2) is 9.59 Å². The molecule has 0 aromatic heterocycles. The van der Waals surface area contributed by atoms with E-state index in [4.69, 9.17) is 10.2 Å². The van der Waals surface area contributed by atoms with Crippen LogP contribution in [0.2, 0.25) is 0 Å². The molecule has 0 heterocycles. The van der Waals surface area contributed by atoms with Crippen LogP contribution in [0.4, 0.5) is 0 Å². The molecule has 0 amide bonds. The summed E-state index contributed by atoms with van der Waals surface area (Å²) in [6.07, 6.45) is 1.42. The minimum absolute atomic E-state index is 0.265. The Morgan fingerprint density at radius 2 is 1.14 bits per heavy atom. The Bertz CT molecular complexity index is 668. The first-order chi connectivity index (χ1) is 10.5. The molecule has 0 saturated carbocycles. The molecule has 22 heavy (non-hydrogen) atoms. The minimum atomic E-state index is -0.946. The van der Waals surface area contributed by atoms with Crippen LogP contribution in [0.1, 0.15) is 45.7 Å². The van der Waals surface area contributed by atoms with Gasteiger partial charge in [-0.2, -0.15) is 0 Å². The van der Waals surface area contributed by atoms with Crippen molar-refractivity contribution in [1.29, 1.82) is 0 Å². The molecule has 0 aliphatic heterocycles. The van der Waals surface area contributed by atoms with Gasteiger partial charge in [0.1, 0.15) is 0 Å². The van der Waals surface area contributed by atoms with Gasteiger partial charge < -0.3 is 10.2 Å². The Hall–Kier alpha value is -2.62. The third-order valence-corrected chi connectivity index (χ3v) is 3.76. The molecular weight excluding hydrogens is 280 g/mol. The first kappa shape index (κ1) is 15.8. The van der Waals surface area contributed by atoms with Gasteiger partial charge in [-0.3, -0.25) is 0 Å².